The Morgan fingerprint density at radius 3 is 2.36 bits per heavy atom. The zero-order valence-corrected chi connectivity index (χ0v) is 19.2. The van der Waals surface area contributed by atoms with Crippen LogP contribution in [0.15, 0.2) is 40.6 Å². The van der Waals surface area contributed by atoms with Crippen LogP contribution in [0.25, 0.3) is 11.3 Å². The summed E-state index contributed by atoms with van der Waals surface area (Å²) in [4.78, 5) is 31.8. The Hall–Kier alpha value is -3.73. The molecule has 1 aromatic carbocycles. The van der Waals surface area contributed by atoms with Gasteiger partial charge in [0.2, 0.25) is 0 Å². The molecule has 1 saturated heterocycles. The molecule has 3 rings (SSSR count). The first-order valence-electron chi connectivity index (χ1n) is 10.5. The van der Waals surface area contributed by atoms with Crippen molar-refractivity contribution in [1.29, 1.82) is 0 Å². The number of oxazole rings is 1. The number of nitrogens with two attached hydrogens (primary N) is 1. The SMILES string of the molecule is C/C(=C\NN)Nc1nc(C(=O)O)c(-c2ccc(N3CCN(C(=O)OC(C)(C)C)CC3)cc2)o1. The number of carboxylic acid groups (broad SMARTS) is 1. The molecule has 33 heavy (non-hydrogen) atoms. The summed E-state index contributed by atoms with van der Waals surface area (Å²) in [5.74, 6) is 4.20. The number of carbonyl (C=O) groups excluding carboxylic acids is 1. The van der Waals surface area contributed by atoms with Gasteiger partial charge in [0.25, 0.3) is 6.01 Å². The van der Waals surface area contributed by atoms with E-state index in [0.29, 0.717) is 37.4 Å². The molecular formula is C22H30N6O5. The van der Waals surface area contributed by atoms with Crippen LogP contribution in [0.2, 0.25) is 0 Å². The highest BCUT2D eigenvalue weighted by atomic mass is 16.6. The van der Waals surface area contributed by atoms with E-state index in [0.717, 1.165) is 5.69 Å². The van der Waals surface area contributed by atoms with E-state index in [1.54, 1.807) is 24.0 Å². The molecule has 1 aliphatic heterocycles. The second kappa shape index (κ2) is 9.82. The normalized spacial score (nSPS) is 14.8. The molecule has 0 unspecified atom stereocenters. The summed E-state index contributed by atoms with van der Waals surface area (Å²) in [5.41, 5.74) is 3.81. The molecule has 1 aromatic heterocycles. The number of ether oxygens (including phenoxy) is 1. The molecule has 2 heterocycles. The maximum absolute atomic E-state index is 12.3. The molecule has 2 aromatic rings. The predicted octanol–water partition coefficient (Wildman–Crippen LogP) is 2.83. The van der Waals surface area contributed by atoms with Crippen LogP contribution in [0, 0.1) is 0 Å². The highest BCUT2D eigenvalue weighted by Crippen LogP contribution is 2.30. The minimum absolute atomic E-state index is 0.0498. The topological polar surface area (TPSA) is 146 Å². The number of amides is 1. The summed E-state index contributed by atoms with van der Waals surface area (Å²) >= 11 is 0. The van der Waals surface area contributed by atoms with Crippen LogP contribution >= 0.6 is 0 Å². The van der Waals surface area contributed by atoms with Crippen molar-refractivity contribution in [3.8, 4) is 11.3 Å². The minimum Gasteiger partial charge on any atom is -0.476 e. The van der Waals surface area contributed by atoms with Gasteiger partial charge in [-0.15, -0.1) is 0 Å². The van der Waals surface area contributed by atoms with Crippen LogP contribution in [0.3, 0.4) is 0 Å². The van der Waals surface area contributed by atoms with Gasteiger partial charge in [-0.3, -0.25) is 5.84 Å². The van der Waals surface area contributed by atoms with Gasteiger partial charge in [0, 0.05) is 49.3 Å². The van der Waals surface area contributed by atoms with Crippen molar-refractivity contribution in [2.75, 3.05) is 36.4 Å². The van der Waals surface area contributed by atoms with Gasteiger partial charge in [0.05, 0.1) is 0 Å². The molecule has 5 N–H and O–H groups in total. The number of hydrogen-bond donors (Lipinski definition) is 4. The summed E-state index contributed by atoms with van der Waals surface area (Å²) in [7, 11) is 0. The first kappa shape index (κ1) is 23.9. The summed E-state index contributed by atoms with van der Waals surface area (Å²) < 4.78 is 11.1. The van der Waals surface area contributed by atoms with Crippen LogP contribution in [0.5, 0.6) is 0 Å². The zero-order chi connectivity index (χ0) is 24.2. The monoisotopic (exact) mass is 458 g/mol. The van der Waals surface area contributed by atoms with Gasteiger partial charge < -0.3 is 34.8 Å². The molecule has 1 amide bonds. The summed E-state index contributed by atoms with van der Waals surface area (Å²) in [6.45, 7) is 9.71. The highest BCUT2D eigenvalue weighted by molar-refractivity contribution is 5.93. The fourth-order valence-electron chi connectivity index (χ4n) is 3.34. The molecule has 11 heteroatoms. The maximum Gasteiger partial charge on any atom is 0.410 e. The number of aromatic nitrogens is 1. The molecule has 0 bridgehead atoms. The van der Waals surface area contributed by atoms with E-state index in [1.807, 2.05) is 32.9 Å². The third kappa shape index (κ3) is 6.16. The number of benzene rings is 1. The predicted molar refractivity (Wildman–Crippen MR) is 124 cm³/mol. The molecule has 11 nitrogen and oxygen atoms in total. The van der Waals surface area contributed by atoms with Gasteiger partial charge in [-0.2, -0.15) is 4.98 Å². The van der Waals surface area contributed by atoms with Gasteiger partial charge in [-0.05, 0) is 52.0 Å². The van der Waals surface area contributed by atoms with Gasteiger partial charge in [-0.1, -0.05) is 0 Å². The number of hydrogen-bond acceptors (Lipinski definition) is 9. The van der Waals surface area contributed by atoms with Gasteiger partial charge >= 0.3 is 12.1 Å². The van der Waals surface area contributed by atoms with Gasteiger partial charge in [-0.25, -0.2) is 9.59 Å². The summed E-state index contributed by atoms with van der Waals surface area (Å²) in [5, 5.41) is 12.4. The molecule has 0 saturated carbocycles. The second-order valence-corrected chi connectivity index (χ2v) is 8.62. The number of hydrazine groups is 1. The van der Waals surface area contributed by atoms with Crippen molar-refractivity contribution in [3.63, 3.8) is 0 Å². The van der Waals surface area contributed by atoms with Crippen LogP contribution in [-0.4, -0.2) is 58.8 Å². The number of allylic oxidation sites excluding steroid dienone is 1. The van der Waals surface area contributed by atoms with Crippen LogP contribution in [0.4, 0.5) is 16.5 Å². The molecule has 0 radical (unpaired) electrons. The molecule has 0 spiro atoms. The summed E-state index contributed by atoms with van der Waals surface area (Å²) in [6.07, 6.45) is 1.18. The number of rotatable bonds is 6. The number of aromatic carboxylic acids is 1. The third-order valence-electron chi connectivity index (χ3n) is 4.86. The minimum atomic E-state index is -1.19. The Morgan fingerprint density at radius 2 is 1.82 bits per heavy atom. The number of anilines is 2. The van der Waals surface area contributed by atoms with Crippen molar-refractivity contribution < 1.29 is 23.8 Å². The third-order valence-corrected chi connectivity index (χ3v) is 4.86. The molecule has 1 aliphatic rings. The number of carboxylic acids is 1. The van der Waals surface area contributed by atoms with E-state index < -0.39 is 11.6 Å². The lowest BCUT2D eigenvalue weighted by Gasteiger charge is -2.36. The molecule has 178 valence electrons. The maximum atomic E-state index is 12.3. The standard InChI is InChI=1S/C22H30N6O5/c1-14(13-24-23)25-20-26-17(19(29)30)18(32-20)15-5-7-16(8-6-15)27-9-11-28(12-10-27)21(31)33-22(2,3)4/h5-8,13,24H,9-12,23H2,1-4H3,(H,25,26)(H,29,30)/b14-13+. The van der Waals surface area contributed by atoms with Crippen molar-refractivity contribution in [3.05, 3.63) is 41.9 Å². The Kier molecular flexibility index (Phi) is 7.12. The smallest absolute Gasteiger partial charge is 0.410 e. The first-order valence-corrected chi connectivity index (χ1v) is 10.5. The Labute approximate surface area is 192 Å². The van der Waals surface area contributed by atoms with Crippen molar-refractivity contribution in [2.24, 2.45) is 5.84 Å². The lowest BCUT2D eigenvalue weighted by atomic mass is 10.1. The average molecular weight is 459 g/mol. The number of piperazine rings is 1. The molecule has 0 aliphatic carbocycles. The lowest BCUT2D eigenvalue weighted by Crippen LogP contribution is -2.50. The van der Waals surface area contributed by atoms with Crippen LogP contribution in [0.1, 0.15) is 38.2 Å². The summed E-state index contributed by atoms with van der Waals surface area (Å²) in [6, 6.07) is 7.41. The van der Waals surface area contributed by atoms with Crippen molar-refractivity contribution in [1.82, 2.24) is 15.3 Å². The first-order chi connectivity index (χ1) is 15.6. The number of nitrogens with one attached hydrogen (secondary N) is 2. The fraction of sp³-hybridized carbons (Fsp3) is 0.409. The molecular weight excluding hydrogens is 428 g/mol. The van der Waals surface area contributed by atoms with Crippen molar-refractivity contribution in [2.45, 2.75) is 33.3 Å². The van der Waals surface area contributed by atoms with E-state index in [-0.39, 0.29) is 23.6 Å². The number of nitrogens with zero attached hydrogens (tertiary/aromatic N) is 3. The van der Waals surface area contributed by atoms with Gasteiger partial charge in [0.1, 0.15) is 5.60 Å². The van der Waals surface area contributed by atoms with E-state index in [9.17, 15) is 14.7 Å². The Morgan fingerprint density at radius 1 is 1.18 bits per heavy atom. The van der Waals surface area contributed by atoms with E-state index in [1.165, 1.54) is 6.20 Å². The van der Waals surface area contributed by atoms with Crippen molar-refractivity contribution >= 4 is 23.8 Å². The average Bonchev–Trinajstić information content (AvgIpc) is 3.17. The van der Waals surface area contributed by atoms with Gasteiger partial charge in [0.15, 0.2) is 11.5 Å². The quantitative estimate of drug-likeness (QED) is 0.376. The van der Waals surface area contributed by atoms with Crippen LogP contribution < -0.4 is 21.5 Å². The highest BCUT2D eigenvalue weighted by Gasteiger charge is 2.26. The van der Waals surface area contributed by atoms with E-state index >= 15 is 0 Å². The Balaban J connectivity index is 1.70. The van der Waals surface area contributed by atoms with E-state index in [2.05, 4.69) is 20.6 Å². The fourth-order valence-corrected chi connectivity index (χ4v) is 3.34. The Bertz CT molecular complexity index is 1020. The second-order valence-electron chi connectivity index (χ2n) is 8.62. The zero-order valence-electron chi connectivity index (χ0n) is 19.2. The lowest BCUT2D eigenvalue weighted by molar-refractivity contribution is 0.0240. The van der Waals surface area contributed by atoms with E-state index in [4.69, 9.17) is 15.0 Å². The largest absolute Gasteiger partial charge is 0.476 e. The van der Waals surface area contributed by atoms with Crippen LogP contribution in [-0.2, 0) is 4.74 Å². The molecule has 0 atom stereocenters. The number of carbonyl (C=O) groups is 2. The molecule has 1 fully saturated rings.